The molecule has 0 aliphatic rings. The number of nitrogens with zero attached hydrogens (tertiary/aromatic N) is 2. The van der Waals surface area contributed by atoms with E-state index in [1.165, 1.54) is 25.7 Å². The highest BCUT2D eigenvalue weighted by Gasteiger charge is 1.89. The summed E-state index contributed by atoms with van der Waals surface area (Å²) in [5, 5.41) is 14.2. The van der Waals surface area contributed by atoms with Gasteiger partial charge in [0.1, 0.15) is 0 Å². The molecule has 0 atom stereocenters. The zero-order valence-electron chi connectivity index (χ0n) is 7.21. The van der Waals surface area contributed by atoms with Gasteiger partial charge in [-0.25, -0.2) is 0 Å². The maximum absolute atomic E-state index is 10.6. The molecule has 13 heavy (non-hydrogen) atoms. The predicted molar refractivity (Wildman–Crippen MR) is 46.0 cm³/mol. The Morgan fingerprint density at radius 2 is 2.23 bits per heavy atom. The van der Waals surface area contributed by atoms with Crippen LogP contribution in [0.4, 0.5) is 0 Å². The van der Waals surface area contributed by atoms with Gasteiger partial charge in [-0.2, -0.15) is 4.73 Å². The van der Waals surface area contributed by atoms with Gasteiger partial charge in [0.05, 0.1) is 6.21 Å². The van der Waals surface area contributed by atoms with E-state index < -0.39 is 0 Å². The summed E-state index contributed by atoms with van der Waals surface area (Å²) < 4.78 is 5.31. The fraction of sp³-hybridized carbons (Fsp3) is 0.250. The van der Waals surface area contributed by atoms with Crippen LogP contribution in [0, 0.1) is 5.21 Å². The number of pyridine rings is 1. The highest BCUT2D eigenvalue weighted by atomic mass is 16.7. The molecular formula is C8H10N2O3. The molecule has 0 aliphatic carbocycles. The fourth-order valence-electron chi connectivity index (χ4n) is 0.692. The van der Waals surface area contributed by atoms with Crippen LogP contribution in [0.25, 0.3) is 0 Å². The van der Waals surface area contributed by atoms with Crippen LogP contribution in [-0.2, 0) is 9.57 Å². The van der Waals surface area contributed by atoms with E-state index in [0.717, 1.165) is 5.56 Å². The number of ether oxygens (including phenoxy) is 1. The molecule has 0 spiro atoms. The van der Waals surface area contributed by atoms with Gasteiger partial charge in [0.25, 0.3) is 0 Å². The Labute approximate surface area is 75.8 Å². The van der Waals surface area contributed by atoms with E-state index in [1.807, 2.05) is 0 Å². The first-order valence-electron chi connectivity index (χ1n) is 3.66. The third-order valence-corrected chi connectivity index (χ3v) is 1.27. The summed E-state index contributed by atoms with van der Waals surface area (Å²) in [4.78, 5) is 4.68. The maximum atomic E-state index is 10.6. The van der Waals surface area contributed by atoms with Crippen molar-refractivity contribution >= 4 is 6.21 Å². The van der Waals surface area contributed by atoms with Crippen LogP contribution in [0.2, 0.25) is 0 Å². The van der Waals surface area contributed by atoms with E-state index in [-0.39, 0.29) is 6.79 Å². The average Bonchev–Trinajstić information content (AvgIpc) is 2.15. The minimum atomic E-state index is 0.116. The lowest BCUT2D eigenvalue weighted by Gasteiger charge is -1.95. The van der Waals surface area contributed by atoms with E-state index in [9.17, 15) is 5.21 Å². The fourth-order valence-corrected chi connectivity index (χ4v) is 0.692. The Bertz CT molecular complexity index is 271. The second kappa shape index (κ2) is 5.10. The molecule has 0 fully saturated rings. The molecule has 5 heteroatoms. The highest BCUT2D eigenvalue weighted by Crippen LogP contribution is 1.90. The van der Waals surface area contributed by atoms with Crippen molar-refractivity contribution in [2.45, 2.75) is 0 Å². The van der Waals surface area contributed by atoms with Crippen molar-refractivity contribution in [3.63, 3.8) is 0 Å². The molecule has 1 aromatic rings. The summed E-state index contributed by atoms with van der Waals surface area (Å²) in [6, 6.07) is 3.26. The second-order valence-corrected chi connectivity index (χ2v) is 2.26. The normalized spacial score (nSPS) is 10.5. The van der Waals surface area contributed by atoms with E-state index >= 15 is 0 Å². The summed E-state index contributed by atoms with van der Waals surface area (Å²) in [5.74, 6) is 0. The van der Waals surface area contributed by atoms with Crippen molar-refractivity contribution in [3.05, 3.63) is 35.3 Å². The summed E-state index contributed by atoms with van der Waals surface area (Å²) >= 11 is 0. The van der Waals surface area contributed by atoms with Gasteiger partial charge in [-0.05, 0) is 0 Å². The number of rotatable bonds is 4. The quantitative estimate of drug-likeness (QED) is 0.168. The van der Waals surface area contributed by atoms with Crippen LogP contribution in [0.5, 0.6) is 0 Å². The van der Waals surface area contributed by atoms with E-state index in [0.29, 0.717) is 4.73 Å². The smallest absolute Gasteiger partial charge is 0.216 e. The predicted octanol–water partition coefficient (Wildman–Crippen LogP) is 0.274. The molecule has 0 N–H and O–H groups in total. The molecule has 70 valence electrons. The third kappa shape index (κ3) is 3.53. The minimum absolute atomic E-state index is 0.116. The summed E-state index contributed by atoms with van der Waals surface area (Å²) in [6.45, 7) is 0.116. The first kappa shape index (κ1) is 9.47. The Kier molecular flexibility index (Phi) is 3.72. The summed E-state index contributed by atoms with van der Waals surface area (Å²) in [7, 11) is 1.51. The number of hydrogen-bond donors (Lipinski definition) is 0. The first-order chi connectivity index (χ1) is 6.33. The number of oxime groups is 1. The molecule has 0 aromatic carbocycles. The summed E-state index contributed by atoms with van der Waals surface area (Å²) in [5.41, 5.74) is 0.795. The molecule has 0 aliphatic heterocycles. The molecule has 0 unspecified atom stereocenters. The Morgan fingerprint density at radius 1 is 1.54 bits per heavy atom. The lowest BCUT2D eigenvalue weighted by atomic mass is 10.3. The minimum Gasteiger partial charge on any atom is -0.619 e. The van der Waals surface area contributed by atoms with Gasteiger partial charge in [0.15, 0.2) is 12.4 Å². The third-order valence-electron chi connectivity index (χ3n) is 1.27. The monoisotopic (exact) mass is 182 g/mol. The van der Waals surface area contributed by atoms with Crippen LogP contribution in [0.15, 0.2) is 29.7 Å². The van der Waals surface area contributed by atoms with Gasteiger partial charge in [-0.15, -0.1) is 0 Å². The van der Waals surface area contributed by atoms with Crippen molar-refractivity contribution in [1.82, 2.24) is 0 Å². The molecule has 5 nitrogen and oxygen atoms in total. The Morgan fingerprint density at radius 3 is 2.85 bits per heavy atom. The van der Waals surface area contributed by atoms with E-state index in [2.05, 4.69) is 14.7 Å². The highest BCUT2D eigenvalue weighted by molar-refractivity contribution is 5.78. The van der Waals surface area contributed by atoms with Gasteiger partial charge < -0.3 is 14.8 Å². The first-order valence-corrected chi connectivity index (χ1v) is 3.66. The molecule has 1 aromatic heterocycles. The molecule has 0 saturated heterocycles. The average molecular weight is 182 g/mol. The van der Waals surface area contributed by atoms with Crippen molar-refractivity contribution in [2.75, 3.05) is 13.9 Å². The standard InChI is InChI=1S/C8H10N2O3/c1-12-7-13-9-6-8-2-4-10(11)5-3-8/h2-6H,7H2,1H3/b9-6+. The molecule has 0 saturated carbocycles. The van der Waals surface area contributed by atoms with E-state index in [1.54, 1.807) is 12.1 Å². The Hall–Kier alpha value is -1.62. The van der Waals surface area contributed by atoms with Crippen LogP contribution in [0.3, 0.4) is 0 Å². The second-order valence-electron chi connectivity index (χ2n) is 2.26. The van der Waals surface area contributed by atoms with Gasteiger partial charge in [0.2, 0.25) is 6.79 Å². The lowest BCUT2D eigenvalue weighted by molar-refractivity contribution is -0.605. The van der Waals surface area contributed by atoms with Crippen molar-refractivity contribution in [3.8, 4) is 0 Å². The number of hydrogen-bond acceptors (Lipinski definition) is 4. The number of aromatic nitrogens is 1. The molecule has 1 rings (SSSR count). The topological polar surface area (TPSA) is 57.8 Å². The number of methoxy groups -OCH3 is 1. The van der Waals surface area contributed by atoms with Gasteiger partial charge in [0, 0.05) is 24.8 Å². The molecule has 0 bridgehead atoms. The van der Waals surface area contributed by atoms with Gasteiger partial charge >= 0.3 is 0 Å². The van der Waals surface area contributed by atoms with Gasteiger partial charge in [-0.3, -0.25) is 0 Å². The maximum Gasteiger partial charge on any atom is 0.216 e. The van der Waals surface area contributed by atoms with Crippen LogP contribution < -0.4 is 4.73 Å². The summed E-state index contributed by atoms with van der Waals surface area (Å²) in [6.07, 6.45) is 4.27. The van der Waals surface area contributed by atoms with Crippen molar-refractivity contribution in [1.29, 1.82) is 0 Å². The molecular weight excluding hydrogens is 172 g/mol. The zero-order valence-corrected chi connectivity index (χ0v) is 7.21. The van der Waals surface area contributed by atoms with E-state index in [4.69, 9.17) is 0 Å². The van der Waals surface area contributed by atoms with Crippen LogP contribution >= 0.6 is 0 Å². The van der Waals surface area contributed by atoms with Crippen molar-refractivity contribution < 1.29 is 14.3 Å². The van der Waals surface area contributed by atoms with Gasteiger partial charge in [-0.1, -0.05) is 5.16 Å². The van der Waals surface area contributed by atoms with Crippen LogP contribution in [-0.4, -0.2) is 20.1 Å². The van der Waals surface area contributed by atoms with Crippen LogP contribution in [0.1, 0.15) is 5.56 Å². The Balaban J connectivity index is 2.44. The molecule has 1 heterocycles. The largest absolute Gasteiger partial charge is 0.619 e. The molecule has 0 amide bonds. The van der Waals surface area contributed by atoms with Crippen molar-refractivity contribution in [2.24, 2.45) is 5.16 Å². The molecule has 0 radical (unpaired) electrons. The lowest BCUT2D eigenvalue weighted by Crippen LogP contribution is -2.23. The SMILES string of the molecule is COCO/N=C/c1cc[n+]([O-])cc1. The zero-order chi connectivity index (χ0) is 9.52.